The molecule has 1 aromatic carbocycles. The van der Waals surface area contributed by atoms with Crippen LogP contribution < -0.4 is 4.73 Å². The van der Waals surface area contributed by atoms with Crippen molar-refractivity contribution in [2.24, 2.45) is 5.92 Å². The minimum atomic E-state index is -0.151. The van der Waals surface area contributed by atoms with Gasteiger partial charge in [0.05, 0.1) is 0 Å². The van der Waals surface area contributed by atoms with Crippen molar-refractivity contribution in [2.45, 2.75) is 19.8 Å². The molecule has 24 heavy (non-hydrogen) atoms. The number of amides is 1. The van der Waals surface area contributed by atoms with Gasteiger partial charge in [-0.05, 0) is 25.8 Å². The maximum Gasteiger partial charge on any atom is 0.259 e. The lowest BCUT2D eigenvalue weighted by Crippen LogP contribution is -2.41. The third kappa shape index (κ3) is 3.45. The largest absolute Gasteiger partial charge is 0.619 e. The molecule has 5 nitrogen and oxygen atoms in total. The molecule has 1 aliphatic rings. The summed E-state index contributed by atoms with van der Waals surface area (Å²) < 4.78 is 0.626. The van der Waals surface area contributed by atoms with Gasteiger partial charge in [0.25, 0.3) is 5.91 Å². The quantitative estimate of drug-likeness (QED) is 0.494. The van der Waals surface area contributed by atoms with Gasteiger partial charge in [-0.15, -0.1) is 0 Å². The Morgan fingerprint density at radius 2 is 1.75 bits per heavy atom. The lowest BCUT2D eigenvalue weighted by molar-refractivity contribution is -0.605. The van der Waals surface area contributed by atoms with Gasteiger partial charge < -0.3 is 10.1 Å². The number of benzene rings is 1. The maximum atomic E-state index is 12.6. The van der Waals surface area contributed by atoms with Crippen LogP contribution in [0.15, 0.2) is 48.8 Å². The van der Waals surface area contributed by atoms with Crippen LogP contribution in [0.1, 0.15) is 39.1 Å². The molecule has 2 heterocycles. The summed E-state index contributed by atoms with van der Waals surface area (Å²) in [5.41, 5.74) is 2.25. The van der Waals surface area contributed by atoms with Gasteiger partial charge in [-0.1, -0.05) is 29.8 Å². The molecular weight excluding hydrogens is 304 g/mol. The fraction of sp³-hybridized carbons (Fsp3) is 0.316. The Balaban J connectivity index is 1.62. The molecule has 1 aromatic heterocycles. The number of pyridine rings is 1. The monoisotopic (exact) mass is 324 g/mol. The van der Waals surface area contributed by atoms with Crippen LogP contribution in [0, 0.1) is 18.0 Å². The number of carbonyl (C=O) groups is 2. The number of rotatable bonds is 3. The fourth-order valence-corrected chi connectivity index (χ4v) is 3.06. The van der Waals surface area contributed by atoms with Crippen molar-refractivity contribution in [1.29, 1.82) is 0 Å². The first-order valence-electron chi connectivity index (χ1n) is 8.13. The third-order valence-electron chi connectivity index (χ3n) is 4.51. The average Bonchev–Trinajstić information content (AvgIpc) is 2.61. The molecule has 0 unspecified atom stereocenters. The van der Waals surface area contributed by atoms with Gasteiger partial charge in [0, 0.05) is 30.6 Å². The summed E-state index contributed by atoms with van der Waals surface area (Å²) in [6.45, 7) is 3.07. The predicted molar refractivity (Wildman–Crippen MR) is 89.5 cm³/mol. The number of aromatic nitrogens is 1. The summed E-state index contributed by atoms with van der Waals surface area (Å²) in [7, 11) is 0. The number of aryl methyl sites for hydroxylation is 1. The van der Waals surface area contributed by atoms with Crippen LogP contribution in [0.2, 0.25) is 0 Å². The van der Waals surface area contributed by atoms with Crippen LogP contribution >= 0.6 is 0 Å². The Hall–Kier alpha value is -2.69. The minimum Gasteiger partial charge on any atom is -0.619 e. The van der Waals surface area contributed by atoms with Crippen molar-refractivity contribution >= 4 is 11.7 Å². The number of hydrogen-bond donors (Lipinski definition) is 0. The van der Waals surface area contributed by atoms with Crippen LogP contribution in [0.4, 0.5) is 0 Å². The van der Waals surface area contributed by atoms with Crippen LogP contribution in [0.5, 0.6) is 0 Å². The summed E-state index contributed by atoms with van der Waals surface area (Å²) in [5.74, 6) is -0.0439. The van der Waals surface area contributed by atoms with Crippen molar-refractivity contribution in [2.75, 3.05) is 13.1 Å². The first-order chi connectivity index (χ1) is 11.5. The Morgan fingerprint density at radius 1 is 1.08 bits per heavy atom. The van der Waals surface area contributed by atoms with Crippen LogP contribution in [0.3, 0.4) is 0 Å². The summed E-state index contributed by atoms with van der Waals surface area (Å²) in [6, 6.07) is 10.8. The van der Waals surface area contributed by atoms with E-state index >= 15 is 0 Å². The standard InChI is InChI=1S/C19H20N2O3/c1-14-4-6-15(7-5-14)18(22)16-8-11-20(12-9-16)19(23)17-3-2-10-21(24)13-17/h2-7,10,13,16H,8-9,11-12H2,1H3. The van der Waals surface area contributed by atoms with E-state index in [4.69, 9.17) is 0 Å². The minimum absolute atomic E-state index is 0.0445. The third-order valence-corrected chi connectivity index (χ3v) is 4.51. The van der Waals surface area contributed by atoms with E-state index in [0.717, 1.165) is 11.1 Å². The number of carbonyl (C=O) groups excluding carboxylic acids is 2. The Morgan fingerprint density at radius 3 is 2.38 bits per heavy atom. The van der Waals surface area contributed by atoms with E-state index in [1.807, 2.05) is 31.2 Å². The molecule has 0 saturated carbocycles. The molecule has 0 atom stereocenters. The van der Waals surface area contributed by atoms with Crippen LogP contribution in [0.25, 0.3) is 0 Å². The second-order valence-electron chi connectivity index (χ2n) is 6.25. The molecule has 124 valence electrons. The molecule has 0 radical (unpaired) electrons. The predicted octanol–water partition coefficient (Wildman–Crippen LogP) is 2.36. The van der Waals surface area contributed by atoms with E-state index in [0.29, 0.717) is 36.2 Å². The zero-order valence-corrected chi connectivity index (χ0v) is 13.6. The lowest BCUT2D eigenvalue weighted by Gasteiger charge is -2.31. The van der Waals surface area contributed by atoms with E-state index in [9.17, 15) is 14.8 Å². The Labute approximate surface area is 141 Å². The fourth-order valence-electron chi connectivity index (χ4n) is 3.06. The van der Waals surface area contributed by atoms with Gasteiger partial charge in [0.15, 0.2) is 18.2 Å². The van der Waals surface area contributed by atoms with E-state index in [1.165, 1.54) is 12.4 Å². The van der Waals surface area contributed by atoms with Gasteiger partial charge in [0.1, 0.15) is 5.56 Å². The summed E-state index contributed by atoms with van der Waals surface area (Å²) in [6.07, 6.45) is 3.94. The normalized spacial score (nSPS) is 15.3. The van der Waals surface area contributed by atoms with E-state index in [1.54, 1.807) is 17.0 Å². The molecule has 5 heteroatoms. The molecule has 2 aromatic rings. The topological polar surface area (TPSA) is 64.3 Å². The second-order valence-corrected chi connectivity index (χ2v) is 6.25. The van der Waals surface area contributed by atoms with Crippen molar-refractivity contribution in [3.05, 3.63) is 70.7 Å². The zero-order chi connectivity index (χ0) is 17.1. The zero-order valence-electron chi connectivity index (χ0n) is 13.6. The van der Waals surface area contributed by atoms with Crippen molar-refractivity contribution in [1.82, 2.24) is 4.90 Å². The summed E-state index contributed by atoms with van der Waals surface area (Å²) in [5, 5.41) is 11.3. The molecule has 3 rings (SSSR count). The first-order valence-corrected chi connectivity index (χ1v) is 8.13. The molecule has 0 bridgehead atoms. The summed E-state index contributed by atoms with van der Waals surface area (Å²) in [4.78, 5) is 26.7. The highest BCUT2D eigenvalue weighted by atomic mass is 16.5. The van der Waals surface area contributed by atoms with Crippen LogP contribution in [-0.2, 0) is 0 Å². The summed E-state index contributed by atoms with van der Waals surface area (Å²) >= 11 is 0. The Kier molecular flexibility index (Phi) is 4.60. The average molecular weight is 324 g/mol. The first kappa shape index (κ1) is 16.2. The molecule has 1 fully saturated rings. The highest BCUT2D eigenvalue weighted by molar-refractivity contribution is 5.98. The van der Waals surface area contributed by atoms with Crippen molar-refractivity contribution < 1.29 is 14.3 Å². The molecule has 1 aliphatic heterocycles. The van der Waals surface area contributed by atoms with Gasteiger partial charge in [-0.3, -0.25) is 9.59 Å². The maximum absolute atomic E-state index is 12.6. The number of piperidine rings is 1. The van der Waals surface area contributed by atoms with Crippen molar-refractivity contribution in [3.8, 4) is 0 Å². The van der Waals surface area contributed by atoms with Gasteiger partial charge >= 0.3 is 0 Å². The van der Waals surface area contributed by atoms with Crippen molar-refractivity contribution in [3.63, 3.8) is 0 Å². The molecule has 0 aliphatic carbocycles. The number of ketones is 1. The number of hydrogen-bond acceptors (Lipinski definition) is 3. The molecule has 1 amide bonds. The Bertz CT molecular complexity index is 747. The SMILES string of the molecule is Cc1ccc(C(=O)C2CCN(C(=O)c3ccc[n+]([O-])c3)CC2)cc1. The number of likely N-dealkylation sites (tertiary alicyclic amines) is 1. The molecule has 0 N–H and O–H groups in total. The van der Waals surface area contributed by atoms with E-state index in [2.05, 4.69) is 0 Å². The number of nitrogens with zero attached hydrogens (tertiary/aromatic N) is 2. The lowest BCUT2D eigenvalue weighted by atomic mass is 9.88. The van der Waals surface area contributed by atoms with Crippen LogP contribution in [-0.4, -0.2) is 29.7 Å². The van der Waals surface area contributed by atoms with Gasteiger partial charge in [-0.2, -0.15) is 4.73 Å². The highest BCUT2D eigenvalue weighted by Gasteiger charge is 2.28. The van der Waals surface area contributed by atoms with Gasteiger partial charge in [-0.25, -0.2) is 0 Å². The number of Topliss-reactive ketones (excluding diaryl/α,β-unsaturated/α-hetero) is 1. The van der Waals surface area contributed by atoms with E-state index in [-0.39, 0.29) is 17.6 Å². The molecule has 0 spiro atoms. The highest BCUT2D eigenvalue weighted by Crippen LogP contribution is 2.23. The molecule has 1 saturated heterocycles. The second kappa shape index (κ2) is 6.83. The molecular formula is C19H20N2O3. The van der Waals surface area contributed by atoms with Gasteiger partial charge in [0.2, 0.25) is 0 Å². The van der Waals surface area contributed by atoms with E-state index < -0.39 is 0 Å². The smallest absolute Gasteiger partial charge is 0.259 e.